The molecule has 6 heteroatoms. The molecule has 0 spiro atoms. The van der Waals surface area contributed by atoms with Crippen LogP contribution in [0, 0.1) is 0 Å². The second-order valence-electron chi connectivity index (χ2n) is 3.10. The van der Waals surface area contributed by atoms with E-state index in [1.165, 1.54) is 0 Å². The Bertz CT molecular complexity index is 360. The maximum Gasteiger partial charge on any atom is 0.189 e. The molecule has 0 aromatic carbocycles. The smallest absolute Gasteiger partial charge is 0.189 e. The Kier molecular flexibility index (Phi) is 4.11. The minimum atomic E-state index is 0.554. The molecular formula is C9H13N5S. The predicted octanol–water partition coefficient (Wildman–Crippen LogP) is 0.637. The first-order valence-electron chi connectivity index (χ1n) is 4.39. The van der Waals surface area contributed by atoms with E-state index in [1.807, 2.05) is 21.0 Å². The van der Waals surface area contributed by atoms with Crippen LogP contribution in [-0.4, -0.2) is 39.8 Å². The summed E-state index contributed by atoms with van der Waals surface area (Å²) >= 11 is 5.02. The van der Waals surface area contributed by atoms with E-state index in [-0.39, 0.29) is 0 Å². The number of hydrazone groups is 1. The monoisotopic (exact) mass is 223 g/mol. The fourth-order valence-electron chi connectivity index (χ4n) is 0.775. The van der Waals surface area contributed by atoms with Crippen LogP contribution in [0.4, 0.5) is 0 Å². The van der Waals surface area contributed by atoms with E-state index in [9.17, 15) is 0 Å². The number of rotatable bonds is 2. The number of nitrogens with one attached hydrogen (secondary N) is 1. The normalized spacial score (nSPS) is 11.0. The molecular weight excluding hydrogens is 210 g/mol. The molecule has 1 N–H and O–H groups in total. The van der Waals surface area contributed by atoms with E-state index >= 15 is 0 Å². The van der Waals surface area contributed by atoms with Crippen molar-refractivity contribution in [1.82, 2.24) is 20.3 Å². The van der Waals surface area contributed by atoms with E-state index in [1.54, 1.807) is 23.5 Å². The third kappa shape index (κ3) is 3.59. The molecule has 0 bridgehead atoms. The fourth-order valence-corrected chi connectivity index (χ4v) is 0.821. The zero-order valence-electron chi connectivity index (χ0n) is 8.93. The van der Waals surface area contributed by atoms with Crippen molar-refractivity contribution in [2.45, 2.75) is 6.92 Å². The second kappa shape index (κ2) is 5.35. The molecule has 0 aliphatic rings. The van der Waals surface area contributed by atoms with Gasteiger partial charge < -0.3 is 4.90 Å². The Balaban J connectivity index is 2.65. The van der Waals surface area contributed by atoms with Crippen molar-refractivity contribution in [3.8, 4) is 0 Å². The average molecular weight is 223 g/mol. The quantitative estimate of drug-likeness (QED) is 0.453. The molecule has 1 aromatic rings. The lowest BCUT2D eigenvalue weighted by atomic mass is 10.3. The van der Waals surface area contributed by atoms with Gasteiger partial charge in [-0.05, 0) is 19.1 Å². The molecule has 0 amide bonds. The molecule has 0 unspecified atom stereocenters. The van der Waals surface area contributed by atoms with E-state index in [4.69, 9.17) is 12.2 Å². The van der Waals surface area contributed by atoms with Crippen LogP contribution >= 0.6 is 12.2 Å². The zero-order valence-corrected chi connectivity index (χ0v) is 9.75. The number of aromatic nitrogens is 2. The lowest BCUT2D eigenvalue weighted by Gasteiger charge is -2.12. The Labute approximate surface area is 94.2 Å². The highest BCUT2D eigenvalue weighted by molar-refractivity contribution is 7.80. The minimum Gasteiger partial charge on any atom is -0.354 e. The van der Waals surface area contributed by atoms with Gasteiger partial charge in [-0.3, -0.25) is 15.4 Å². The summed E-state index contributed by atoms with van der Waals surface area (Å²) in [5, 5.41) is 4.65. The van der Waals surface area contributed by atoms with Crippen LogP contribution in [0.1, 0.15) is 12.6 Å². The summed E-state index contributed by atoms with van der Waals surface area (Å²) in [6, 6.07) is 0. The van der Waals surface area contributed by atoms with Crippen molar-refractivity contribution in [1.29, 1.82) is 0 Å². The van der Waals surface area contributed by atoms with Gasteiger partial charge in [0.15, 0.2) is 5.11 Å². The third-order valence-electron chi connectivity index (χ3n) is 1.66. The zero-order chi connectivity index (χ0) is 11.3. The summed E-state index contributed by atoms with van der Waals surface area (Å²) in [7, 11) is 3.70. The summed E-state index contributed by atoms with van der Waals surface area (Å²) in [6.45, 7) is 1.84. The van der Waals surface area contributed by atoms with Gasteiger partial charge in [-0.1, -0.05) is 0 Å². The van der Waals surface area contributed by atoms with Crippen LogP contribution in [0.15, 0.2) is 23.7 Å². The molecule has 15 heavy (non-hydrogen) atoms. The number of nitrogens with zero attached hydrogens (tertiary/aromatic N) is 4. The van der Waals surface area contributed by atoms with Crippen LogP contribution in [0.3, 0.4) is 0 Å². The summed E-state index contributed by atoms with van der Waals surface area (Å²) in [6.07, 6.45) is 4.90. The number of hydrogen-bond donors (Lipinski definition) is 1. The Morgan fingerprint density at radius 2 is 2.20 bits per heavy atom. The average Bonchev–Trinajstić information content (AvgIpc) is 2.26. The molecule has 0 radical (unpaired) electrons. The van der Waals surface area contributed by atoms with Gasteiger partial charge in [0, 0.05) is 26.5 Å². The van der Waals surface area contributed by atoms with Gasteiger partial charge in [-0.25, -0.2) is 0 Å². The predicted molar refractivity (Wildman–Crippen MR) is 63.7 cm³/mol. The van der Waals surface area contributed by atoms with E-state index < -0.39 is 0 Å². The van der Waals surface area contributed by atoms with Gasteiger partial charge in [0.25, 0.3) is 0 Å². The molecule has 0 saturated carbocycles. The largest absolute Gasteiger partial charge is 0.354 e. The highest BCUT2D eigenvalue weighted by Gasteiger charge is 1.99. The van der Waals surface area contributed by atoms with Gasteiger partial charge in [0.05, 0.1) is 11.9 Å². The molecule has 1 rings (SSSR count). The second-order valence-corrected chi connectivity index (χ2v) is 3.49. The summed E-state index contributed by atoms with van der Waals surface area (Å²) < 4.78 is 0. The van der Waals surface area contributed by atoms with Gasteiger partial charge in [-0.2, -0.15) is 5.10 Å². The molecule has 0 atom stereocenters. The standard InChI is InChI=1S/C9H13N5S/c1-7(8-6-10-4-5-11-8)12-13-9(15)14(2)3/h4-6H,1-3H3,(H,13,15)/b12-7-. The van der Waals surface area contributed by atoms with Gasteiger partial charge >= 0.3 is 0 Å². The lowest BCUT2D eigenvalue weighted by molar-refractivity contribution is 0.606. The van der Waals surface area contributed by atoms with Crippen molar-refractivity contribution in [2.75, 3.05) is 14.1 Å². The Hall–Kier alpha value is -1.56. The summed E-state index contributed by atoms with van der Waals surface area (Å²) in [4.78, 5) is 9.83. The third-order valence-corrected chi connectivity index (χ3v) is 2.12. The highest BCUT2D eigenvalue weighted by atomic mass is 32.1. The maximum absolute atomic E-state index is 5.02. The first-order chi connectivity index (χ1) is 7.11. The lowest BCUT2D eigenvalue weighted by Crippen LogP contribution is -2.31. The van der Waals surface area contributed by atoms with Crippen molar-refractivity contribution in [3.63, 3.8) is 0 Å². The van der Waals surface area contributed by atoms with Crippen molar-refractivity contribution in [2.24, 2.45) is 5.10 Å². The van der Waals surface area contributed by atoms with Crippen molar-refractivity contribution >= 4 is 23.0 Å². The Morgan fingerprint density at radius 3 is 2.73 bits per heavy atom. The van der Waals surface area contributed by atoms with Crippen molar-refractivity contribution < 1.29 is 0 Å². The van der Waals surface area contributed by atoms with Crippen LogP contribution in [0.25, 0.3) is 0 Å². The molecule has 0 aliphatic carbocycles. The molecule has 1 aromatic heterocycles. The maximum atomic E-state index is 5.02. The van der Waals surface area contributed by atoms with Crippen LogP contribution in [0.2, 0.25) is 0 Å². The molecule has 80 valence electrons. The SMILES string of the molecule is C/C(=N/NC(=S)N(C)C)c1cnccn1. The van der Waals surface area contributed by atoms with E-state index in [0.717, 1.165) is 11.4 Å². The molecule has 0 saturated heterocycles. The summed E-state index contributed by atoms with van der Waals surface area (Å²) in [5.41, 5.74) is 4.23. The van der Waals surface area contributed by atoms with Gasteiger partial charge in [0.1, 0.15) is 5.69 Å². The van der Waals surface area contributed by atoms with Crippen molar-refractivity contribution in [3.05, 3.63) is 24.3 Å². The number of thiocarbonyl (C=S) groups is 1. The van der Waals surface area contributed by atoms with Crippen LogP contribution in [0.5, 0.6) is 0 Å². The molecule has 0 fully saturated rings. The molecule has 0 aliphatic heterocycles. The fraction of sp³-hybridized carbons (Fsp3) is 0.333. The van der Waals surface area contributed by atoms with E-state index in [0.29, 0.717) is 5.11 Å². The van der Waals surface area contributed by atoms with Crippen LogP contribution in [-0.2, 0) is 0 Å². The molecule has 5 nitrogen and oxygen atoms in total. The molecule has 1 heterocycles. The first kappa shape index (κ1) is 11.5. The Morgan fingerprint density at radius 1 is 1.47 bits per heavy atom. The highest BCUT2D eigenvalue weighted by Crippen LogP contribution is 1.92. The topological polar surface area (TPSA) is 53.4 Å². The van der Waals surface area contributed by atoms with Gasteiger partial charge in [-0.15, -0.1) is 0 Å². The number of hydrogen-bond acceptors (Lipinski definition) is 4. The minimum absolute atomic E-state index is 0.554. The van der Waals surface area contributed by atoms with E-state index in [2.05, 4.69) is 20.5 Å². The van der Waals surface area contributed by atoms with Crippen LogP contribution < -0.4 is 5.43 Å². The summed E-state index contributed by atoms with van der Waals surface area (Å²) in [5.74, 6) is 0. The van der Waals surface area contributed by atoms with Gasteiger partial charge in [0.2, 0.25) is 0 Å². The first-order valence-corrected chi connectivity index (χ1v) is 4.80.